The molecule has 0 bridgehead atoms. The van der Waals surface area contributed by atoms with Crippen LogP contribution in [-0.4, -0.2) is 22.6 Å². The van der Waals surface area contributed by atoms with Crippen LogP contribution in [0.3, 0.4) is 0 Å². The van der Waals surface area contributed by atoms with Crippen molar-refractivity contribution >= 4 is 24.3 Å². The van der Waals surface area contributed by atoms with Gasteiger partial charge in [0.15, 0.2) is 6.29 Å². The van der Waals surface area contributed by atoms with E-state index < -0.39 is 4.92 Å². The number of carbonyl (C=O) groups excluding carboxylic acids is 2. The highest BCUT2D eigenvalue weighted by Crippen LogP contribution is 2.28. The number of non-ortho nitro benzene ring substituents is 1. The fourth-order valence-corrected chi connectivity index (χ4v) is 1.24. The largest absolute Gasteiger partial charge is 0.507 e. The smallest absolute Gasteiger partial charge is 0.271 e. The number of aldehydes is 2. The van der Waals surface area contributed by atoms with Crippen molar-refractivity contribution in [1.82, 2.24) is 0 Å². The normalized spacial score (nSPS) is 10.4. The zero-order valence-corrected chi connectivity index (χ0v) is 8.70. The molecule has 0 saturated heterocycles. The number of carbonyl (C=O) groups is 2. The van der Waals surface area contributed by atoms with Crippen LogP contribution in [0.25, 0.3) is 6.08 Å². The molecule has 0 heterocycles. The molecule has 0 aliphatic heterocycles. The third-order valence-corrected chi connectivity index (χ3v) is 2.02. The minimum atomic E-state index is -0.663. The van der Waals surface area contributed by atoms with Crippen LogP contribution in [0.2, 0.25) is 0 Å². The molecule has 0 fully saturated rings. The highest BCUT2D eigenvalue weighted by atomic mass is 16.6. The molecule has 6 heteroatoms. The third kappa shape index (κ3) is 2.97. The molecule has 1 rings (SSSR count). The molecule has 1 aromatic rings. The number of aromatic hydroxyl groups is 1. The highest BCUT2D eigenvalue weighted by molar-refractivity contribution is 5.84. The molecule has 1 N–H and O–H groups in total. The van der Waals surface area contributed by atoms with Gasteiger partial charge in [0, 0.05) is 24.1 Å². The van der Waals surface area contributed by atoms with Crippen molar-refractivity contribution in [1.29, 1.82) is 0 Å². The Morgan fingerprint density at radius 3 is 2.47 bits per heavy atom. The van der Waals surface area contributed by atoms with Gasteiger partial charge in [-0.1, -0.05) is 12.2 Å². The number of hydrogen-bond acceptors (Lipinski definition) is 5. The van der Waals surface area contributed by atoms with Gasteiger partial charge in [0.25, 0.3) is 5.69 Å². The number of nitro benzene ring substituents is 1. The van der Waals surface area contributed by atoms with Crippen LogP contribution in [0.15, 0.2) is 18.2 Å². The van der Waals surface area contributed by atoms with E-state index in [9.17, 15) is 24.8 Å². The van der Waals surface area contributed by atoms with Crippen LogP contribution in [0.4, 0.5) is 5.69 Å². The van der Waals surface area contributed by atoms with E-state index in [0.29, 0.717) is 12.6 Å². The number of allylic oxidation sites excluding steroid dienone is 1. The molecule has 0 aromatic heterocycles. The minimum absolute atomic E-state index is 0.124. The molecular formula is C11H9NO5. The lowest BCUT2D eigenvalue weighted by molar-refractivity contribution is -0.384. The Hall–Kier alpha value is -2.50. The molecule has 0 spiro atoms. The fourth-order valence-electron chi connectivity index (χ4n) is 1.24. The first-order chi connectivity index (χ1) is 8.10. The Labute approximate surface area is 96.3 Å². The number of phenolic OH excluding ortho intramolecular Hbond substituents is 1. The van der Waals surface area contributed by atoms with Gasteiger partial charge in [-0.3, -0.25) is 14.9 Å². The number of rotatable bonds is 5. The summed E-state index contributed by atoms with van der Waals surface area (Å²) < 4.78 is 0. The van der Waals surface area contributed by atoms with Crippen molar-refractivity contribution in [3.8, 4) is 5.75 Å². The van der Waals surface area contributed by atoms with Crippen LogP contribution < -0.4 is 0 Å². The standard InChI is InChI=1S/C11H9NO5/c13-4-2-1-3-8-5-10(12(16)17)6-9(7-14)11(8)15/h1,3-7,15H,2H2. The second-order valence-corrected chi connectivity index (χ2v) is 3.15. The quantitative estimate of drug-likeness (QED) is 0.476. The van der Waals surface area contributed by atoms with Gasteiger partial charge in [-0.2, -0.15) is 0 Å². The second-order valence-electron chi connectivity index (χ2n) is 3.15. The summed E-state index contributed by atoms with van der Waals surface area (Å²) in [4.78, 5) is 30.6. The summed E-state index contributed by atoms with van der Waals surface area (Å²) >= 11 is 0. The molecule has 0 aliphatic carbocycles. The van der Waals surface area contributed by atoms with Gasteiger partial charge in [-0.25, -0.2) is 0 Å². The Morgan fingerprint density at radius 1 is 1.29 bits per heavy atom. The second kappa shape index (κ2) is 5.55. The minimum Gasteiger partial charge on any atom is -0.507 e. The van der Waals surface area contributed by atoms with Crippen molar-refractivity contribution in [3.05, 3.63) is 39.4 Å². The van der Waals surface area contributed by atoms with E-state index in [1.165, 1.54) is 12.2 Å². The summed E-state index contributed by atoms with van der Waals surface area (Å²) in [6, 6.07) is 2.11. The molecule has 0 atom stereocenters. The lowest BCUT2D eigenvalue weighted by Crippen LogP contribution is -1.92. The Morgan fingerprint density at radius 2 is 1.94 bits per heavy atom. The third-order valence-electron chi connectivity index (χ3n) is 2.02. The van der Waals surface area contributed by atoms with E-state index >= 15 is 0 Å². The van der Waals surface area contributed by atoms with E-state index in [-0.39, 0.29) is 29.0 Å². The van der Waals surface area contributed by atoms with Gasteiger partial charge in [0.2, 0.25) is 0 Å². The summed E-state index contributed by atoms with van der Waals surface area (Å²) in [6.45, 7) is 0. The Kier molecular flexibility index (Phi) is 4.10. The Balaban J connectivity index is 3.27. The topological polar surface area (TPSA) is 97.5 Å². The first kappa shape index (κ1) is 12.6. The predicted molar refractivity (Wildman–Crippen MR) is 59.9 cm³/mol. The molecule has 0 unspecified atom stereocenters. The monoisotopic (exact) mass is 235 g/mol. The molecule has 0 amide bonds. The first-order valence-corrected chi connectivity index (χ1v) is 4.67. The van der Waals surface area contributed by atoms with Crippen molar-refractivity contribution in [2.75, 3.05) is 0 Å². The molecule has 0 aliphatic rings. The van der Waals surface area contributed by atoms with E-state index in [4.69, 9.17) is 0 Å². The number of nitro groups is 1. The molecule has 88 valence electrons. The number of benzene rings is 1. The summed E-state index contributed by atoms with van der Waals surface area (Å²) in [5.74, 6) is -0.340. The molecule has 0 radical (unpaired) electrons. The summed E-state index contributed by atoms with van der Waals surface area (Å²) in [5, 5.41) is 20.2. The van der Waals surface area contributed by atoms with Gasteiger partial charge in [0.05, 0.1) is 10.5 Å². The molecular weight excluding hydrogens is 226 g/mol. The van der Waals surface area contributed by atoms with E-state index in [1.54, 1.807) is 0 Å². The SMILES string of the molecule is O=CCC=Cc1cc([N+](=O)[O-])cc(C=O)c1O. The summed E-state index contributed by atoms with van der Waals surface area (Å²) in [7, 11) is 0. The van der Waals surface area contributed by atoms with Crippen LogP contribution in [0, 0.1) is 10.1 Å². The predicted octanol–water partition coefficient (Wildman–Crippen LogP) is 1.72. The van der Waals surface area contributed by atoms with E-state index in [2.05, 4.69) is 0 Å². The maximum Gasteiger partial charge on any atom is 0.271 e. The highest BCUT2D eigenvalue weighted by Gasteiger charge is 2.13. The van der Waals surface area contributed by atoms with Gasteiger partial charge >= 0.3 is 0 Å². The maximum atomic E-state index is 10.6. The first-order valence-electron chi connectivity index (χ1n) is 4.67. The van der Waals surface area contributed by atoms with Crippen LogP contribution in [0.1, 0.15) is 22.3 Å². The summed E-state index contributed by atoms with van der Waals surface area (Å²) in [5.41, 5.74) is -0.330. The molecule has 17 heavy (non-hydrogen) atoms. The van der Waals surface area contributed by atoms with E-state index in [1.807, 2.05) is 0 Å². The fraction of sp³-hybridized carbons (Fsp3) is 0.0909. The van der Waals surface area contributed by atoms with Gasteiger partial charge in [-0.05, 0) is 0 Å². The zero-order valence-electron chi connectivity index (χ0n) is 8.70. The lowest BCUT2D eigenvalue weighted by atomic mass is 10.1. The van der Waals surface area contributed by atoms with Crippen molar-refractivity contribution < 1.29 is 19.6 Å². The maximum absolute atomic E-state index is 10.6. The number of hydrogen-bond donors (Lipinski definition) is 1. The summed E-state index contributed by atoms with van der Waals surface area (Å²) in [6.07, 6.45) is 3.88. The van der Waals surface area contributed by atoms with E-state index in [0.717, 1.165) is 12.1 Å². The van der Waals surface area contributed by atoms with Gasteiger partial charge < -0.3 is 9.90 Å². The van der Waals surface area contributed by atoms with Gasteiger partial charge in [0.1, 0.15) is 12.0 Å². The van der Waals surface area contributed by atoms with Crippen LogP contribution >= 0.6 is 0 Å². The average Bonchev–Trinajstić information content (AvgIpc) is 2.31. The van der Waals surface area contributed by atoms with Crippen molar-refractivity contribution in [2.45, 2.75) is 6.42 Å². The Bertz CT molecular complexity index is 493. The van der Waals surface area contributed by atoms with Crippen molar-refractivity contribution in [3.63, 3.8) is 0 Å². The van der Waals surface area contributed by atoms with Gasteiger partial charge in [-0.15, -0.1) is 0 Å². The average molecular weight is 235 g/mol. The number of nitrogens with zero attached hydrogens (tertiary/aromatic N) is 1. The molecule has 1 aromatic carbocycles. The van der Waals surface area contributed by atoms with Crippen LogP contribution in [-0.2, 0) is 4.79 Å². The van der Waals surface area contributed by atoms with Crippen molar-refractivity contribution in [2.24, 2.45) is 0 Å². The van der Waals surface area contributed by atoms with Crippen LogP contribution in [0.5, 0.6) is 5.75 Å². The lowest BCUT2D eigenvalue weighted by Gasteiger charge is -2.02. The molecule has 6 nitrogen and oxygen atoms in total. The number of phenols is 1. The zero-order chi connectivity index (χ0) is 12.8. The molecule has 0 saturated carbocycles.